The van der Waals surface area contributed by atoms with E-state index in [1.54, 1.807) is 11.3 Å². The Labute approximate surface area is 132 Å². The van der Waals surface area contributed by atoms with Gasteiger partial charge >= 0.3 is 0 Å². The molecule has 0 saturated carbocycles. The Hall–Kier alpha value is -2.40. The van der Waals surface area contributed by atoms with Gasteiger partial charge < -0.3 is 4.57 Å². The molecule has 0 radical (unpaired) electrons. The van der Waals surface area contributed by atoms with Gasteiger partial charge in [0.1, 0.15) is 0 Å². The van der Waals surface area contributed by atoms with Gasteiger partial charge in [0.25, 0.3) is 5.91 Å². The normalized spacial score (nSPS) is 11.8. The molecule has 3 aromatic rings. The van der Waals surface area contributed by atoms with E-state index in [1.807, 2.05) is 60.1 Å². The molecule has 22 heavy (non-hydrogen) atoms. The number of para-hydroxylation sites is 1. The predicted octanol–water partition coefficient (Wildman–Crippen LogP) is 3.05. The van der Waals surface area contributed by atoms with Crippen LogP contribution in [0.1, 0.15) is 22.8 Å². The summed E-state index contributed by atoms with van der Waals surface area (Å²) >= 11 is 1.55. The number of aryl methyl sites for hydroxylation is 2. The smallest absolute Gasteiger partial charge is 0.271 e. The molecule has 1 heterocycles. The number of nitrogens with one attached hydrogen (secondary N) is 1. The van der Waals surface area contributed by atoms with Crippen LogP contribution in [0.2, 0.25) is 0 Å². The lowest BCUT2D eigenvalue weighted by Gasteiger charge is -2.01. The number of amides is 1. The summed E-state index contributed by atoms with van der Waals surface area (Å²) in [4.78, 5) is 12.9. The monoisotopic (exact) mass is 311 g/mol. The molecule has 0 aliphatic carbocycles. The zero-order valence-electron chi connectivity index (χ0n) is 12.5. The van der Waals surface area contributed by atoms with Gasteiger partial charge in [-0.25, -0.2) is 5.43 Å². The number of aromatic nitrogens is 1. The topological polar surface area (TPSA) is 46.4 Å². The zero-order chi connectivity index (χ0) is 15.5. The van der Waals surface area contributed by atoms with Gasteiger partial charge in [0, 0.05) is 12.6 Å². The molecule has 0 atom stereocenters. The van der Waals surface area contributed by atoms with Crippen LogP contribution in [0.15, 0.2) is 53.6 Å². The maximum Gasteiger partial charge on any atom is 0.271 e. The van der Waals surface area contributed by atoms with Crippen LogP contribution < -0.4 is 10.2 Å². The van der Waals surface area contributed by atoms with E-state index < -0.39 is 0 Å². The lowest BCUT2D eigenvalue weighted by atomic mass is 10.1. The Bertz CT molecular complexity index is 875. The Morgan fingerprint density at radius 2 is 1.91 bits per heavy atom. The van der Waals surface area contributed by atoms with Crippen LogP contribution in [0.3, 0.4) is 0 Å². The summed E-state index contributed by atoms with van der Waals surface area (Å²) in [5, 5.41) is 4.24. The van der Waals surface area contributed by atoms with E-state index in [0.29, 0.717) is 5.56 Å². The van der Waals surface area contributed by atoms with Gasteiger partial charge in [-0.3, -0.25) is 4.79 Å². The number of nitrogens with zero attached hydrogens (tertiary/aromatic N) is 2. The average Bonchev–Trinajstić information content (AvgIpc) is 2.89. The van der Waals surface area contributed by atoms with E-state index >= 15 is 0 Å². The Morgan fingerprint density at radius 3 is 2.59 bits per heavy atom. The van der Waals surface area contributed by atoms with Gasteiger partial charge in [-0.05, 0) is 36.2 Å². The molecular formula is C17H17N3OS. The van der Waals surface area contributed by atoms with Crippen molar-refractivity contribution < 1.29 is 4.79 Å². The Balaban J connectivity index is 1.85. The van der Waals surface area contributed by atoms with Crippen LogP contribution in [0.4, 0.5) is 0 Å². The number of hydrogen-bond acceptors (Lipinski definition) is 3. The highest BCUT2D eigenvalue weighted by molar-refractivity contribution is 7.16. The highest BCUT2D eigenvalue weighted by Gasteiger charge is 2.05. The number of thiazole rings is 1. The number of hydrogen-bond donors (Lipinski definition) is 1. The second kappa shape index (κ2) is 6.15. The fourth-order valence-electron chi connectivity index (χ4n) is 2.24. The molecule has 0 fully saturated rings. The van der Waals surface area contributed by atoms with Crippen molar-refractivity contribution in [3.63, 3.8) is 0 Å². The first-order valence-electron chi connectivity index (χ1n) is 7.16. The van der Waals surface area contributed by atoms with Gasteiger partial charge in [0.15, 0.2) is 0 Å². The quantitative estimate of drug-likeness (QED) is 0.743. The lowest BCUT2D eigenvalue weighted by Crippen LogP contribution is -2.23. The van der Waals surface area contributed by atoms with Gasteiger partial charge in [0.2, 0.25) is 4.80 Å². The summed E-state index contributed by atoms with van der Waals surface area (Å²) in [5.74, 6) is -0.194. The van der Waals surface area contributed by atoms with E-state index in [-0.39, 0.29) is 5.91 Å². The van der Waals surface area contributed by atoms with Crippen molar-refractivity contribution >= 4 is 27.5 Å². The lowest BCUT2D eigenvalue weighted by molar-refractivity contribution is 0.0953. The van der Waals surface area contributed by atoms with Gasteiger partial charge in [-0.2, -0.15) is 0 Å². The summed E-state index contributed by atoms with van der Waals surface area (Å²) < 4.78 is 3.12. The third-order valence-corrected chi connectivity index (χ3v) is 4.71. The highest BCUT2D eigenvalue weighted by Crippen LogP contribution is 2.14. The molecule has 0 bridgehead atoms. The molecule has 1 aromatic heterocycles. The van der Waals surface area contributed by atoms with Crippen molar-refractivity contribution in [2.75, 3.05) is 0 Å². The first-order chi connectivity index (χ1) is 10.7. The molecule has 1 N–H and O–H groups in total. The summed E-state index contributed by atoms with van der Waals surface area (Å²) in [7, 11) is 1.94. The van der Waals surface area contributed by atoms with Crippen molar-refractivity contribution in [1.29, 1.82) is 0 Å². The molecule has 0 aliphatic rings. The third kappa shape index (κ3) is 2.80. The van der Waals surface area contributed by atoms with Crippen LogP contribution >= 0.6 is 11.3 Å². The number of fused-ring (bicyclic) bond motifs is 1. The van der Waals surface area contributed by atoms with Crippen molar-refractivity contribution in [2.45, 2.75) is 13.3 Å². The zero-order valence-corrected chi connectivity index (χ0v) is 13.4. The van der Waals surface area contributed by atoms with E-state index in [2.05, 4.69) is 17.5 Å². The minimum atomic E-state index is -0.194. The molecular weight excluding hydrogens is 294 g/mol. The number of benzene rings is 2. The molecule has 0 unspecified atom stereocenters. The summed E-state index contributed by atoms with van der Waals surface area (Å²) in [6.07, 6.45) is 0.962. The molecule has 5 heteroatoms. The maximum absolute atomic E-state index is 12.1. The van der Waals surface area contributed by atoms with Gasteiger partial charge in [-0.15, -0.1) is 5.10 Å². The van der Waals surface area contributed by atoms with Crippen molar-refractivity contribution in [1.82, 2.24) is 9.99 Å². The fourth-order valence-corrected chi connectivity index (χ4v) is 3.22. The van der Waals surface area contributed by atoms with Crippen molar-refractivity contribution in [3.8, 4) is 0 Å². The minimum Gasteiger partial charge on any atom is -0.318 e. The van der Waals surface area contributed by atoms with E-state index in [4.69, 9.17) is 0 Å². The second-order valence-electron chi connectivity index (χ2n) is 5.01. The van der Waals surface area contributed by atoms with Crippen LogP contribution in [-0.4, -0.2) is 10.5 Å². The largest absolute Gasteiger partial charge is 0.318 e. The minimum absolute atomic E-state index is 0.194. The Kier molecular flexibility index (Phi) is 4.06. The molecule has 2 aromatic carbocycles. The highest BCUT2D eigenvalue weighted by atomic mass is 32.1. The number of carbonyl (C=O) groups is 1. The molecule has 0 aliphatic heterocycles. The van der Waals surface area contributed by atoms with E-state index in [9.17, 15) is 4.79 Å². The molecule has 0 saturated heterocycles. The first kappa shape index (κ1) is 14.5. The predicted molar refractivity (Wildman–Crippen MR) is 89.6 cm³/mol. The standard InChI is InChI=1S/C17H17N3OS/c1-3-12-8-10-13(11-9-12)16(21)18-19-17-20(2)14-6-4-5-7-15(14)22-17/h4-11H,3H2,1-2H3,(H,18,21)/b19-17+. The third-order valence-electron chi connectivity index (χ3n) is 3.59. The number of rotatable bonds is 3. The van der Waals surface area contributed by atoms with Crippen LogP contribution in [-0.2, 0) is 13.5 Å². The van der Waals surface area contributed by atoms with Crippen molar-refractivity contribution in [3.05, 3.63) is 64.5 Å². The first-order valence-corrected chi connectivity index (χ1v) is 7.98. The Morgan fingerprint density at radius 1 is 1.18 bits per heavy atom. The summed E-state index contributed by atoms with van der Waals surface area (Å²) in [5.41, 5.74) is 5.56. The van der Waals surface area contributed by atoms with Crippen molar-refractivity contribution in [2.24, 2.45) is 12.1 Å². The number of carbonyl (C=O) groups excluding carboxylic acids is 1. The summed E-state index contributed by atoms with van der Waals surface area (Å²) in [6, 6.07) is 15.7. The molecule has 3 rings (SSSR count). The molecule has 112 valence electrons. The molecule has 4 nitrogen and oxygen atoms in total. The van der Waals surface area contributed by atoms with Crippen LogP contribution in [0.5, 0.6) is 0 Å². The van der Waals surface area contributed by atoms with Crippen LogP contribution in [0.25, 0.3) is 10.2 Å². The average molecular weight is 311 g/mol. The second-order valence-corrected chi connectivity index (χ2v) is 6.02. The maximum atomic E-state index is 12.1. The van der Waals surface area contributed by atoms with E-state index in [1.165, 1.54) is 5.56 Å². The van der Waals surface area contributed by atoms with Crippen LogP contribution in [0, 0.1) is 0 Å². The van der Waals surface area contributed by atoms with Gasteiger partial charge in [-0.1, -0.05) is 42.5 Å². The molecule has 0 spiro atoms. The fraction of sp³-hybridized carbons (Fsp3) is 0.176. The summed E-state index contributed by atoms with van der Waals surface area (Å²) in [6.45, 7) is 2.09. The molecule has 1 amide bonds. The van der Waals surface area contributed by atoms with E-state index in [0.717, 1.165) is 21.4 Å². The van der Waals surface area contributed by atoms with Gasteiger partial charge in [0.05, 0.1) is 10.2 Å². The SMILES string of the molecule is CCc1ccc(C(=O)N/N=c2/sc3ccccc3n2C)cc1.